The fraction of sp³-hybridized carbons (Fsp3) is 0.640. The lowest BCUT2D eigenvalue weighted by Crippen LogP contribution is -2.52. The van der Waals surface area contributed by atoms with Gasteiger partial charge in [0.1, 0.15) is 6.04 Å². The van der Waals surface area contributed by atoms with Gasteiger partial charge >= 0.3 is 0 Å². The minimum atomic E-state index is -0.539. The molecule has 4 saturated carbocycles. The zero-order valence-corrected chi connectivity index (χ0v) is 18.7. The Bertz CT molecular complexity index is 923. The van der Waals surface area contributed by atoms with E-state index >= 15 is 0 Å². The van der Waals surface area contributed by atoms with Crippen LogP contribution in [0.25, 0.3) is 0 Å². The first kappa shape index (κ1) is 19.8. The maximum atomic E-state index is 13.0. The standard InChI is InChI=1S/C25H30N2O3S/c28-22-5-4-20(23(29)26-22)27-14-19-18(24(27)30)2-1-3-21(19)31-7-6-25-11-15-8-16(12-25)10-17(9-15)13-25/h1-3,15-17,20H,4-14H2,(H,26,28,29). The van der Waals surface area contributed by atoms with Crippen molar-refractivity contribution in [3.63, 3.8) is 0 Å². The van der Waals surface area contributed by atoms with Crippen LogP contribution < -0.4 is 5.32 Å². The van der Waals surface area contributed by atoms with Gasteiger partial charge in [-0.1, -0.05) is 6.07 Å². The monoisotopic (exact) mass is 438 g/mol. The van der Waals surface area contributed by atoms with Crippen LogP contribution in [-0.2, 0) is 16.1 Å². The first-order valence-corrected chi connectivity index (χ1v) is 12.9. The van der Waals surface area contributed by atoms with E-state index < -0.39 is 6.04 Å². The second-order valence-corrected chi connectivity index (χ2v) is 11.8. The summed E-state index contributed by atoms with van der Waals surface area (Å²) in [7, 11) is 0. The third-order valence-electron chi connectivity index (χ3n) is 8.59. The number of nitrogens with zero attached hydrogens (tertiary/aromatic N) is 1. The van der Waals surface area contributed by atoms with E-state index in [4.69, 9.17) is 0 Å². The molecule has 5 fully saturated rings. The first-order valence-electron chi connectivity index (χ1n) is 11.9. The Morgan fingerprint density at radius 3 is 2.42 bits per heavy atom. The molecular weight excluding hydrogens is 408 g/mol. The van der Waals surface area contributed by atoms with Crippen molar-refractivity contribution in [1.29, 1.82) is 0 Å². The zero-order valence-electron chi connectivity index (χ0n) is 17.9. The SMILES string of the molecule is O=C1CCC(N2Cc3c(SCCC45CC6CC(CC(C6)C4)C5)cccc3C2=O)C(=O)N1. The highest BCUT2D eigenvalue weighted by Crippen LogP contribution is 2.61. The average molecular weight is 439 g/mol. The van der Waals surface area contributed by atoms with Crippen LogP contribution in [0.15, 0.2) is 23.1 Å². The Hall–Kier alpha value is -1.82. The summed E-state index contributed by atoms with van der Waals surface area (Å²) in [6.45, 7) is 0.473. The van der Waals surface area contributed by atoms with Crippen LogP contribution in [-0.4, -0.2) is 34.4 Å². The van der Waals surface area contributed by atoms with E-state index in [0.717, 1.165) is 34.6 Å². The molecule has 4 aliphatic carbocycles. The average Bonchev–Trinajstić information content (AvgIpc) is 3.04. The van der Waals surface area contributed by atoms with Crippen molar-refractivity contribution in [2.75, 3.05) is 5.75 Å². The number of benzene rings is 1. The lowest BCUT2D eigenvalue weighted by atomic mass is 9.49. The van der Waals surface area contributed by atoms with Crippen molar-refractivity contribution >= 4 is 29.5 Å². The van der Waals surface area contributed by atoms with Crippen LogP contribution in [0.1, 0.15) is 73.7 Å². The van der Waals surface area contributed by atoms with Gasteiger partial charge in [0.05, 0.1) is 0 Å². The van der Waals surface area contributed by atoms with Gasteiger partial charge in [-0.15, -0.1) is 11.8 Å². The number of rotatable bonds is 5. The predicted molar refractivity (Wildman–Crippen MR) is 118 cm³/mol. The fourth-order valence-electron chi connectivity index (χ4n) is 7.67. The van der Waals surface area contributed by atoms with Gasteiger partial charge in [-0.3, -0.25) is 19.7 Å². The Balaban J connectivity index is 1.14. The first-order chi connectivity index (χ1) is 15.0. The lowest BCUT2D eigenvalue weighted by Gasteiger charge is -2.57. The number of thioether (sulfide) groups is 1. The van der Waals surface area contributed by atoms with Crippen LogP contribution in [0, 0.1) is 23.2 Å². The highest BCUT2D eigenvalue weighted by Gasteiger charge is 2.50. The van der Waals surface area contributed by atoms with Gasteiger partial charge in [-0.05, 0) is 98.0 Å². The Morgan fingerprint density at radius 1 is 1.03 bits per heavy atom. The Morgan fingerprint density at radius 2 is 1.74 bits per heavy atom. The summed E-state index contributed by atoms with van der Waals surface area (Å²) in [5.41, 5.74) is 2.37. The molecule has 1 atom stereocenters. The highest BCUT2D eigenvalue weighted by molar-refractivity contribution is 7.99. The molecule has 5 nitrogen and oxygen atoms in total. The molecule has 1 aromatic rings. The number of imide groups is 1. The van der Waals surface area contributed by atoms with E-state index in [1.807, 2.05) is 23.9 Å². The van der Waals surface area contributed by atoms with E-state index in [2.05, 4.69) is 11.4 Å². The van der Waals surface area contributed by atoms with E-state index in [1.54, 1.807) is 4.90 Å². The molecule has 7 rings (SSSR count). The van der Waals surface area contributed by atoms with Gasteiger partial charge in [0, 0.05) is 23.4 Å². The summed E-state index contributed by atoms with van der Waals surface area (Å²) in [6.07, 6.45) is 10.8. The van der Waals surface area contributed by atoms with E-state index in [0.29, 0.717) is 24.8 Å². The molecule has 1 N–H and O–H groups in total. The third kappa shape index (κ3) is 3.42. The maximum absolute atomic E-state index is 13.0. The minimum absolute atomic E-state index is 0.0759. The van der Waals surface area contributed by atoms with Crippen LogP contribution in [0.4, 0.5) is 0 Å². The third-order valence-corrected chi connectivity index (χ3v) is 9.70. The van der Waals surface area contributed by atoms with Crippen molar-refractivity contribution in [3.05, 3.63) is 29.3 Å². The van der Waals surface area contributed by atoms with Crippen LogP contribution >= 0.6 is 11.8 Å². The lowest BCUT2D eigenvalue weighted by molar-refractivity contribution is -0.136. The molecule has 2 aliphatic heterocycles. The molecule has 6 aliphatic rings. The molecular formula is C25H30N2O3S. The number of carbonyl (C=O) groups is 3. The van der Waals surface area contributed by atoms with Crippen molar-refractivity contribution < 1.29 is 14.4 Å². The van der Waals surface area contributed by atoms with Crippen molar-refractivity contribution in [2.24, 2.45) is 23.2 Å². The predicted octanol–water partition coefficient (Wildman–Crippen LogP) is 4.15. The molecule has 0 spiro atoms. The summed E-state index contributed by atoms with van der Waals surface area (Å²) in [5.74, 6) is 3.40. The topological polar surface area (TPSA) is 66.5 Å². The molecule has 3 amide bonds. The molecule has 164 valence electrons. The van der Waals surface area contributed by atoms with Crippen LogP contribution in [0.3, 0.4) is 0 Å². The Kier molecular flexibility index (Phi) is 4.71. The summed E-state index contributed by atoms with van der Waals surface area (Å²) >= 11 is 1.89. The second kappa shape index (κ2) is 7.36. The number of carbonyl (C=O) groups excluding carboxylic acids is 3. The highest BCUT2D eigenvalue weighted by atomic mass is 32.2. The summed E-state index contributed by atoms with van der Waals surface area (Å²) in [4.78, 5) is 39.7. The minimum Gasteiger partial charge on any atom is -0.322 e. The number of amides is 3. The van der Waals surface area contributed by atoms with E-state index in [9.17, 15) is 14.4 Å². The molecule has 1 saturated heterocycles. The number of fused-ring (bicyclic) bond motifs is 1. The largest absolute Gasteiger partial charge is 0.322 e. The molecule has 2 heterocycles. The molecule has 0 aromatic heterocycles. The van der Waals surface area contributed by atoms with Crippen LogP contribution in [0.5, 0.6) is 0 Å². The normalized spacial score (nSPS) is 36.1. The van der Waals surface area contributed by atoms with Crippen molar-refractivity contribution in [1.82, 2.24) is 10.2 Å². The van der Waals surface area contributed by atoms with Gasteiger partial charge in [-0.2, -0.15) is 0 Å². The molecule has 1 unspecified atom stereocenters. The van der Waals surface area contributed by atoms with Gasteiger partial charge in [0.15, 0.2) is 0 Å². The quantitative estimate of drug-likeness (QED) is 0.554. The maximum Gasteiger partial charge on any atom is 0.255 e. The van der Waals surface area contributed by atoms with Gasteiger partial charge in [0.2, 0.25) is 11.8 Å². The number of hydrogen-bond donors (Lipinski definition) is 1. The zero-order chi connectivity index (χ0) is 21.2. The fourth-order valence-corrected chi connectivity index (χ4v) is 8.94. The van der Waals surface area contributed by atoms with Crippen LogP contribution in [0.2, 0.25) is 0 Å². The number of nitrogens with one attached hydrogen (secondary N) is 1. The number of piperidine rings is 1. The summed E-state index contributed by atoms with van der Waals surface area (Å²) in [6, 6.07) is 5.44. The molecule has 4 bridgehead atoms. The van der Waals surface area contributed by atoms with E-state index in [1.165, 1.54) is 49.8 Å². The van der Waals surface area contributed by atoms with E-state index in [-0.39, 0.29) is 17.7 Å². The van der Waals surface area contributed by atoms with Crippen molar-refractivity contribution in [3.8, 4) is 0 Å². The smallest absolute Gasteiger partial charge is 0.255 e. The number of hydrogen-bond acceptors (Lipinski definition) is 4. The molecule has 31 heavy (non-hydrogen) atoms. The van der Waals surface area contributed by atoms with Gasteiger partial charge in [-0.25, -0.2) is 0 Å². The van der Waals surface area contributed by atoms with Gasteiger partial charge in [0.25, 0.3) is 5.91 Å². The molecule has 1 aromatic carbocycles. The molecule has 0 radical (unpaired) electrons. The van der Waals surface area contributed by atoms with Gasteiger partial charge < -0.3 is 4.90 Å². The summed E-state index contributed by atoms with van der Waals surface area (Å²) in [5, 5.41) is 2.39. The second-order valence-electron chi connectivity index (χ2n) is 10.7. The summed E-state index contributed by atoms with van der Waals surface area (Å²) < 4.78 is 0. The molecule has 6 heteroatoms. The van der Waals surface area contributed by atoms with Crippen molar-refractivity contribution in [2.45, 2.75) is 75.3 Å². The Labute approximate surface area is 187 Å².